The van der Waals surface area contributed by atoms with Gasteiger partial charge in [-0.05, 0) is 42.2 Å². The van der Waals surface area contributed by atoms with Crippen LogP contribution in [0.1, 0.15) is 49.3 Å². The van der Waals surface area contributed by atoms with Crippen LogP contribution in [0.25, 0.3) is 10.9 Å². The number of aromatic amines is 1. The van der Waals surface area contributed by atoms with Gasteiger partial charge in [0.2, 0.25) is 11.8 Å². The highest BCUT2D eigenvalue weighted by Gasteiger charge is 2.34. The van der Waals surface area contributed by atoms with Gasteiger partial charge in [-0.3, -0.25) is 14.5 Å². The molecule has 39 heavy (non-hydrogen) atoms. The number of benzene rings is 3. The number of carbonyl (C=O) groups excluding carboxylic acids is 2. The van der Waals surface area contributed by atoms with Crippen molar-refractivity contribution in [2.45, 2.75) is 50.6 Å². The molecule has 1 atom stereocenters. The predicted octanol–water partition coefficient (Wildman–Crippen LogP) is 5.95. The molecule has 202 valence electrons. The number of nitrogens with zero attached hydrogens (tertiary/aromatic N) is 1. The minimum Gasteiger partial charge on any atom is -0.493 e. The first kappa shape index (κ1) is 26.4. The summed E-state index contributed by atoms with van der Waals surface area (Å²) in [5.74, 6) is 0.655. The number of H-pyrrole nitrogens is 1. The number of carbonyl (C=O) groups is 2. The van der Waals surface area contributed by atoms with Crippen molar-refractivity contribution in [1.29, 1.82) is 0 Å². The number of rotatable bonds is 9. The summed E-state index contributed by atoms with van der Waals surface area (Å²) in [6, 6.07) is 22.0. The Morgan fingerprint density at radius 3 is 2.38 bits per heavy atom. The zero-order valence-electron chi connectivity index (χ0n) is 22.5. The fourth-order valence-electron chi connectivity index (χ4n) is 5.52. The monoisotopic (exact) mass is 525 g/mol. The van der Waals surface area contributed by atoms with Crippen LogP contribution in [0.5, 0.6) is 11.5 Å². The number of aromatic nitrogens is 1. The van der Waals surface area contributed by atoms with Gasteiger partial charge in [0.1, 0.15) is 6.04 Å². The summed E-state index contributed by atoms with van der Waals surface area (Å²) in [6.45, 7) is 0. The molecule has 4 aromatic rings. The predicted molar refractivity (Wildman–Crippen MR) is 153 cm³/mol. The highest BCUT2D eigenvalue weighted by Crippen LogP contribution is 2.36. The fraction of sp³-hybridized carbons (Fsp3) is 0.312. The second-order valence-corrected chi connectivity index (χ2v) is 10.00. The standard InChI is InChI=1S/C32H35N3O4/c1-38-28-18-17-25(20-29(28)39-2)35(30(36)19-23-21-33-27-16-10-9-15-26(23)27)31(22-11-5-3-6-12-22)32(37)34-24-13-7-4-8-14-24/h3,5-6,9-12,15-18,20-21,24,31,33H,4,7-8,13-14,19H2,1-2H3,(H,34,37)/t31-/m0/s1. The van der Waals surface area contributed by atoms with Gasteiger partial charge in [0.15, 0.2) is 11.5 Å². The highest BCUT2D eigenvalue weighted by atomic mass is 16.5. The molecule has 0 bridgehead atoms. The lowest BCUT2D eigenvalue weighted by Crippen LogP contribution is -2.47. The summed E-state index contributed by atoms with van der Waals surface area (Å²) in [5, 5.41) is 4.25. The maximum atomic E-state index is 14.3. The van der Waals surface area contributed by atoms with Crippen molar-refractivity contribution in [3.8, 4) is 11.5 Å². The SMILES string of the molecule is COc1ccc(N(C(=O)Cc2c[nH]c3ccccc23)[C@H](C(=O)NC2CCCCC2)c2ccccc2)cc1OC. The Morgan fingerprint density at radius 1 is 0.923 bits per heavy atom. The van der Waals surface area contributed by atoms with E-state index < -0.39 is 6.04 Å². The zero-order chi connectivity index (χ0) is 27.2. The average Bonchev–Trinajstić information content (AvgIpc) is 3.38. The number of amides is 2. The maximum absolute atomic E-state index is 14.3. The molecule has 1 fully saturated rings. The van der Waals surface area contributed by atoms with Crippen molar-refractivity contribution in [3.05, 3.63) is 90.1 Å². The van der Waals surface area contributed by atoms with Gasteiger partial charge in [0.25, 0.3) is 0 Å². The Kier molecular flexibility index (Phi) is 8.16. The van der Waals surface area contributed by atoms with Crippen LogP contribution in [0.4, 0.5) is 5.69 Å². The van der Waals surface area contributed by atoms with Crippen LogP contribution < -0.4 is 19.7 Å². The summed E-state index contributed by atoms with van der Waals surface area (Å²) < 4.78 is 11.0. The van der Waals surface area contributed by atoms with Crippen LogP contribution in [0, 0.1) is 0 Å². The van der Waals surface area contributed by atoms with E-state index >= 15 is 0 Å². The van der Waals surface area contributed by atoms with Crippen molar-refractivity contribution in [1.82, 2.24) is 10.3 Å². The number of fused-ring (bicyclic) bond motifs is 1. The molecule has 1 aliphatic carbocycles. The first-order valence-corrected chi connectivity index (χ1v) is 13.5. The summed E-state index contributed by atoms with van der Waals surface area (Å²) in [6.07, 6.45) is 7.28. The quantitative estimate of drug-likeness (QED) is 0.283. The Bertz CT molecular complexity index is 1430. The van der Waals surface area contributed by atoms with Crippen molar-refractivity contribution < 1.29 is 19.1 Å². The van der Waals surface area contributed by atoms with Crippen LogP contribution >= 0.6 is 0 Å². The van der Waals surface area contributed by atoms with Gasteiger partial charge >= 0.3 is 0 Å². The largest absolute Gasteiger partial charge is 0.493 e. The second-order valence-electron chi connectivity index (χ2n) is 10.00. The average molecular weight is 526 g/mol. The fourth-order valence-corrected chi connectivity index (χ4v) is 5.52. The molecule has 0 spiro atoms. The molecule has 7 heteroatoms. The molecule has 7 nitrogen and oxygen atoms in total. The summed E-state index contributed by atoms with van der Waals surface area (Å²) >= 11 is 0. The molecule has 2 amide bonds. The molecule has 1 saturated carbocycles. The van der Waals surface area contributed by atoms with E-state index in [1.54, 1.807) is 37.3 Å². The van der Waals surface area contributed by atoms with Gasteiger partial charge in [-0.15, -0.1) is 0 Å². The number of nitrogens with one attached hydrogen (secondary N) is 2. The third-order valence-electron chi connectivity index (χ3n) is 7.50. The molecule has 0 unspecified atom stereocenters. The Labute approximate surface area is 229 Å². The number of ether oxygens (including phenoxy) is 2. The van der Waals surface area contributed by atoms with Crippen LogP contribution in [-0.4, -0.2) is 37.1 Å². The minimum absolute atomic E-state index is 0.105. The number of methoxy groups -OCH3 is 2. The molecule has 0 aliphatic heterocycles. The van der Waals surface area contributed by atoms with Crippen LogP contribution in [0.2, 0.25) is 0 Å². The molecule has 1 aromatic heterocycles. The minimum atomic E-state index is -0.857. The summed E-state index contributed by atoms with van der Waals surface area (Å²) in [5.41, 5.74) is 3.14. The molecule has 3 aromatic carbocycles. The number of para-hydroxylation sites is 1. The van der Waals surface area contributed by atoms with E-state index in [0.29, 0.717) is 17.2 Å². The van der Waals surface area contributed by atoms with Gasteiger partial charge in [0, 0.05) is 34.9 Å². The van der Waals surface area contributed by atoms with E-state index in [9.17, 15) is 9.59 Å². The van der Waals surface area contributed by atoms with E-state index in [1.165, 1.54) is 6.42 Å². The Balaban J connectivity index is 1.58. The maximum Gasteiger partial charge on any atom is 0.248 e. The number of hydrogen-bond donors (Lipinski definition) is 2. The van der Waals surface area contributed by atoms with Gasteiger partial charge < -0.3 is 19.8 Å². The van der Waals surface area contributed by atoms with Gasteiger partial charge in [0.05, 0.1) is 20.6 Å². The molecule has 2 N–H and O–H groups in total. The lowest BCUT2D eigenvalue weighted by molar-refractivity contribution is -0.127. The third-order valence-corrected chi connectivity index (χ3v) is 7.50. The van der Waals surface area contributed by atoms with Crippen LogP contribution in [0.3, 0.4) is 0 Å². The van der Waals surface area contributed by atoms with Crippen molar-refractivity contribution in [2.75, 3.05) is 19.1 Å². The number of hydrogen-bond acceptors (Lipinski definition) is 4. The lowest BCUT2D eigenvalue weighted by atomic mass is 9.94. The zero-order valence-corrected chi connectivity index (χ0v) is 22.5. The van der Waals surface area contributed by atoms with Crippen LogP contribution in [-0.2, 0) is 16.0 Å². The second kappa shape index (κ2) is 12.1. The van der Waals surface area contributed by atoms with E-state index in [1.807, 2.05) is 60.8 Å². The molecule has 1 aliphatic rings. The van der Waals surface area contributed by atoms with Crippen LogP contribution in [0.15, 0.2) is 79.0 Å². The Hall–Kier alpha value is -4.26. The first-order valence-electron chi connectivity index (χ1n) is 13.5. The Morgan fingerprint density at radius 2 is 1.64 bits per heavy atom. The molecule has 1 heterocycles. The van der Waals surface area contributed by atoms with Gasteiger partial charge in [-0.25, -0.2) is 0 Å². The normalized spacial score (nSPS) is 14.5. The molecule has 5 rings (SSSR count). The first-order chi connectivity index (χ1) is 19.1. The summed E-state index contributed by atoms with van der Waals surface area (Å²) in [7, 11) is 3.13. The smallest absolute Gasteiger partial charge is 0.248 e. The molecular formula is C32H35N3O4. The van der Waals surface area contributed by atoms with Crippen molar-refractivity contribution >= 4 is 28.4 Å². The van der Waals surface area contributed by atoms with Gasteiger partial charge in [-0.1, -0.05) is 67.8 Å². The summed E-state index contributed by atoms with van der Waals surface area (Å²) in [4.78, 5) is 33.2. The highest BCUT2D eigenvalue weighted by molar-refractivity contribution is 6.03. The van der Waals surface area contributed by atoms with Crippen molar-refractivity contribution in [2.24, 2.45) is 0 Å². The molecule has 0 saturated heterocycles. The van der Waals surface area contributed by atoms with Gasteiger partial charge in [-0.2, -0.15) is 0 Å². The number of anilines is 1. The molecular weight excluding hydrogens is 490 g/mol. The lowest BCUT2D eigenvalue weighted by Gasteiger charge is -2.34. The molecule has 0 radical (unpaired) electrons. The van der Waals surface area contributed by atoms with E-state index in [-0.39, 0.29) is 24.3 Å². The van der Waals surface area contributed by atoms with E-state index in [4.69, 9.17) is 9.47 Å². The van der Waals surface area contributed by atoms with Crippen molar-refractivity contribution in [3.63, 3.8) is 0 Å². The third kappa shape index (κ3) is 5.77. The van der Waals surface area contributed by atoms with E-state index in [2.05, 4.69) is 10.3 Å². The topological polar surface area (TPSA) is 83.7 Å². The van der Waals surface area contributed by atoms with E-state index in [0.717, 1.165) is 47.7 Å².